The minimum absolute atomic E-state index is 0.0128. The van der Waals surface area contributed by atoms with Crippen molar-refractivity contribution in [2.75, 3.05) is 0 Å². The van der Waals surface area contributed by atoms with Crippen LogP contribution < -0.4 is 0 Å². The Bertz CT molecular complexity index is 909. The van der Waals surface area contributed by atoms with E-state index in [0.717, 1.165) is 0 Å². The van der Waals surface area contributed by atoms with E-state index in [9.17, 15) is 18.8 Å². The zero-order chi connectivity index (χ0) is 17.2. The predicted octanol–water partition coefficient (Wildman–Crippen LogP) is 4.91. The van der Waals surface area contributed by atoms with Crippen LogP contribution in [-0.4, -0.2) is 13.5 Å². The van der Waals surface area contributed by atoms with Gasteiger partial charge in [-0.3, -0.25) is 0 Å². The highest BCUT2D eigenvalue weighted by Crippen LogP contribution is 2.34. The van der Waals surface area contributed by atoms with E-state index >= 15 is 0 Å². The summed E-state index contributed by atoms with van der Waals surface area (Å²) in [4.78, 5) is -0.434. The van der Waals surface area contributed by atoms with E-state index in [2.05, 4.69) is 31.9 Å². The number of hydrogen-bond acceptors (Lipinski definition) is 4. The molecule has 0 saturated carbocycles. The predicted molar refractivity (Wildman–Crippen MR) is 95.7 cm³/mol. The minimum atomic E-state index is -3.95. The summed E-state index contributed by atoms with van der Waals surface area (Å²) in [5.74, 6) is -0.0128. The molecule has 1 N–H and O–H groups in total. The van der Waals surface area contributed by atoms with E-state index in [1.807, 2.05) is 0 Å². The van der Waals surface area contributed by atoms with Gasteiger partial charge < -0.3 is 5.11 Å². The second kappa shape index (κ2) is 7.05. The number of sulfone groups is 1. The molecule has 23 heavy (non-hydrogen) atoms. The Morgan fingerprint density at radius 1 is 1.17 bits per heavy atom. The lowest BCUT2D eigenvalue weighted by atomic mass is 10.2. The number of phenols is 1. The number of benzene rings is 2. The van der Waals surface area contributed by atoms with Gasteiger partial charge in [0.25, 0.3) is 0 Å². The van der Waals surface area contributed by atoms with Crippen LogP contribution in [0.1, 0.15) is 5.56 Å². The van der Waals surface area contributed by atoms with Crippen LogP contribution in [0.2, 0.25) is 5.02 Å². The molecule has 2 rings (SSSR count). The quantitative estimate of drug-likeness (QED) is 0.638. The molecule has 0 unspecified atom stereocenters. The second-order valence-corrected chi connectivity index (χ2v) is 8.47. The first-order valence-electron chi connectivity index (χ1n) is 6.06. The van der Waals surface area contributed by atoms with Gasteiger partial charge in [0.2, 0.25) is 9.84 Å². The first-order valence-corrected chi connectivity index (χ1v) is 9.51. The van der Waals surface area contributed by atoms with E-state index in [4.69, 9.17) is 11.6 Å². The SMILES string of the molecule is N#CC(=Cc1cc(Br)c(O)c(Br)c1)S(=O)(=O)c1ccc(Cl)cc1. The molecule has 0 saturated heterocycles. The molecule has 0 aliphatic rings. The molecule has 0 aliphatic heterocycles. The zero-order valence-electron chi connectivity index (χ0n) is 11.3. The van der Waals surface area contributed by atoms with Crippen LogP contribution in [-0.2, 0) is 9.84 Å². The summed E-state index contributed by atoms with van der Waals surface area (Å²) in [7, 11) is -3.95. The molecule has 0 bridgehead atoms. The first kappa shape index (κ1) is 18.0. The number of nitriles is 1. The summed E-state index contributed by atoms with van der Waals surface area (Å²) in [6.45, 7) is 0. The Morgan fingerprint density at radius 2 is 1.70 bits per heavy atom. The maximum absolute atomic E-state index is 12.5. The number of hydrogen-bond donors (Lipinski definition) is 1. The van der Waals surface area contributed by atoms with Gasteiger partial charge in [0.1, 0.15) is 16.7 Å². The molecule has 0 heterocycles. The molecule has 4 nitrogen and oxygen atoms in total. The maximum Gasteiger partial charge on any atom is 0.216 e. The normalized spacial score (nSPS) is 12.0. The van der Waals surface area contributed by atoms with Gasteiger partial charge in [-0.05, 0) is 79.9 Å². The molecule has 0 spiro atoms. The van der Waals surface area contributed by atoms with Crippen LogP contribution in [0.15, 0.2) is 55.1 Å². The van der Waals surface area contributed by atoms with Crippen molar-refractivity contribution in [2.24, 2.45) is 0 Å². The van der Waals surface area contributed by atoms with E-state index in [1.54, 1.807) is 6.07 Å². The Hall–Kier alpha value is -1.33. The fraction of sp³-hybridized carbons (Fsp3) is 0. The fourth-order valence-electron chi connectivity index (χ4n) is 1.73. The smallest absolute Gasteiger partial charge is 0.216 e. The third kappa shape index (κ3) is 3.96. The van der Waals surface area contributed by atoms with Crippen LogP contribution in [0, 0.1) is 11.3 Å². The number of allylic oxidation sites excluding steroid dienone is 1. The van der Waals surface area contributed by atoms with Crippen LogP contribution in [0.4, 0.5) is 0 Å². The number of nitrogens with zero attached hydrogens (tertiary/aromatic N) is 1. The standard InChI is InChI=1S/C15H8Br2ClNO3S/c16-13-6-9(7-14(17)15(13)20)5-12(8-19)23(21,22)11-3-1-10(18)2-4-11/h1-7,20H. The van der Waals surface area contributed by atoms with Crippen LogP contribution in [0.3, 0.4) is 0 Å². The molecular formula is C15H8Br2ClNO3S. The number of rotatable bonds is 3. The largest absolute Gasteiger partial charge is 0.506 e. The molecule has 0 amide bonds. The highest BCUT2D eigenvalue weighted by atomic mass is 79.9. The van der Waals surface area contributed by atoms with Gasteiger partial charge >= 0.3 is 0 Å². The molecule has 0 aromatic heterocycles. The summed E-state index contributed by atoms with van der Waals surface area (Å²) in [5.41, 5.74) is 0.440. The van der Waals surface area contributed by atoms with Gasteiger partial charge in [0, 0.05) is 5.02 Å². The Kier molecular flexibility index (Phi) is 5.53. The van der Waals surface area contributed by atoms with Gasteiger partial charge in [-0.1, -0.05) is 11.6 Å². The van der Waals surface area contributed by atoms with Crippen LogP contribution in [0.25, 0.3) is 6.08 Å². The van der Waals surface area contributed by atoms with Gasteiger partial charge in [-0.2, -0.15) is 5.26 Å². The average molecular weight is 478 g/mol. The Morgan fingerprint density at radius 3 is 2.17 bits per heavy atom. The molecule has 2 aromatic carbocycles. The number of phenolic OH excluding ortho intramolecular Hbond substituents is 1. The van der Waals surface area contributed by atoms with E-state index in [-0.39, 0.29) is 10.6 Å². The summed E-state index contributed by atoms with van der Waals surface area (Å²) >= 11 is 12.1. The first-order chi connectivity index (χ1) is 10.8. The molecule has 0 fully saturated rings. The van der Waals surface area contributed by atoms with E-state index in [1.165, 1.54) is 42.5 Å². The van der Waals surface area contributed by atoms with Gasteiger partial charge in [-0.15, -0.1) is 0 Å². The van der Waals surface area contributed by atoms with E-state index in [0.29, 0.717) is 19.5 Å². The van der Waals surface area contributed by atoms with Crippen molar-refractivity contribution >= 4 is 59.4 Å². The lowest BCUT2D eigenvalue weighted by molar-refractivity contribution is 0.468. The molecular weight excluding hydrogens is 469 g/mol. The maximum atomic E-state index is 12.5. The van der Waals surface area contributed by atoms with Crippen molar-refractivity contribution in [3.8, 4) is 11.8 Å². The van der Waals surface area contributed by atoms with Crippen molar-refractivity contribution in [3.63, 3.8) is 0 Å². The highest BCUT2D eigenvalue weighted by Gasteiger charge is 2.21. The molecule has 0 aliphatic carbocycles. The summed E-state index contributed by atoms with van der Waals surface area (Å²) in [6.07, 6.45) is 1.24. The Balaban J connectivity index is 2.55. The van der Waals surface area contributed by atoms with Crippen molar-refractivity contribution in [2.45, 2.75) is 4.90 Å². The molecule has 0 radical (unpaired) electrons. The monoisotopic (exact) mass is 475 g/mol. The van der Waals surface area contributed by atoms with Crippen molar-refractivity contribution in [3.05, 3.63) is 60.8 Å². The van der Waals surface area contributed by atoms with Crippen molar-refractivity contribution in [1.82, 2.24) is 0 Å². The summed E-state index contributed by atoms with van der Waals surface area (Å²) < 4.78 is 25.8. The van der Waals surface area contributed by atoms with Crippen LogP contribution >= 0.6 is 43.5 Å². The molecule has 2 aromatic rings. The number of halogens is 3. The number of aromatic hydroxyl groups is 1. The lowest BCUT2D eigenvalue weighted by Crippen LogP contribution is -2.03. The van der Waals surface area contributed by atoms with Crippen molar-refractivity contribution < 1.29 is 13.5 Å². The zero-order valence-corrected chi connectivity index (χ0v) is 16.0. The van der Waals surface area contributed by atoms with E-state index < -0.39 is 14.7 Å². The third-order valence-electron chi connectivity index (χ3n) is 2.86. The van der Waals surface area contributed by atoms with Gasteiger partial charge in [0.15, 0.2) is 0 Å². The third-order valence-corrected chi connectivity index (χ3v) is 6.00. The highest BCUT2D eigenvalue weighted by molar-refractivity contribution is 9.11. The Labute approximate surface area is 155 Å². The summed E-state index contributed by atoms with van der Waals surface area (Å²) in [6, 6.07) is 10.3. The van der Waals surface area contributed by atoms with Gasteiger partial charge in [-0.25, -0.2) is 8.42 Å². The van der Waals surface area contributed by atoms with Crippen LogP contribution in [0.5, 0.6) is 5.75 Å². The molecule has 0 atom stereocenters. The molecule has 8 heteroatoms. The minimum Gasteiger partial charge on any atom is -0.506 e. The average Bonchev–Trinajstić information content (AvgIpc) is 2.50. The lowest BCUT2D eigenvalue weighted by Gasteiger charge is -2.05. The fourth-order valence-corrected chi connectivity index (χ4v) is 4.24. The second-order valence-electron chi connectivity index (χ2n) is 4.41. The topological polar surface area (TPSA) is 78.2 Å². The van der Waals surface area contributed by atoms with Crippen molar-refractivity contribution in [1.29, 1.82) is 5.26 Å². The summed E-state index contributed by atoms with van der Waals surface area (Å²) in [5, 5.41) is 19.3. The van der Waals surface area contributed by atoms with Gasteiger partial charge in [0.05, 0.1) is 13.8 Å². The molecule has 118 valence electrons.